The largest absolute Gasteiger partial charge is 0.310 e. The lowest BCUT2D eigenvalue weighted by Gasteiger charge is -2.26. The Labute approximate surface area is 346 Å². The Hall–Kier alpha value is -7.46. The number of rotatable bonds is 6. The van der Waals surface area contributed by atoms with E-state index in [2.05, 4.69) is 228 Å². The van der Waals surface area contributed by atoms with Gasteiger partial charge in [-0.2, -0.15) is 0 Å². The first-order valence-electron chi connectivity index (χ1n) is 20.2. The van der Waals surface area contributed by atoms with Crippen LogP contribution in [0.15, 0.2) is 218 Å². The summed E-state index contributed by atoms with van der Waals surface area (Å²) in [7, 11) is 0. The summed E-state index contributed by atoms with van der Waals surface area (Å²) in [5.74, 6) is 0. The van der Waals surface area contributed by atoms with Crippen LogP contribution in [0, 0.1) is 0 Å². The third-order valence-electron chi connectivity index (χ3n) is 11.9. The molecule has 0 saturated carbocycles. The molecule has 12 rings (SSSR count). The molecule has 3 heteroatoms. The second kappa shape index (κ2) is 13.6. The van der Waals surface area contributed by atoms with Crippen molar-refractivity contribution >= 4 is 91.9 Å². The number of thiophene rings is 1. The highest BCUT2D eigenvalue weighted by atomic mass is 32.1. The quantitative estimate of drug-likeness (QED) is 0.164. The summed E-state index contributed by atoms with van der Waals surface area (Å²) in [5, 5.41) is 10.3. The van der Waals surface area contributed by atoms with Crippen molar-refractivity contribution in [1.29, 1.82) is 0 Å². The highest BCUT2D eigenvalue weighted by molar-refractivity contribution is 7.26. The number of hydrogen-bond donors (Lipinski definition) is 0. The van der Waals surface area contributed by atoms with E-state index < -0.39 is 0 Å². The van der Waals surface area contributed by atoms with Crippen molar-refractivity contribution < 1.29 is 0 Å². The number of anilines is 3. The summed E-state index contributed by atoms with van der Waals surface area (Å²) in [6, 6.07) is 79.8. The standard InChI is InChI=1S/C56H36N2S/c1-3-13-44(14-4-1)57(47-30-25-37-11-7-8-12-41(37)33-47)46-28-23-39(24-29-46)38-19-21-40(22-20-38)42-26-31-52-50(34-42)51-36-49-43(35-53(51)58(52)45-15-5-2-6-16-45)27-32-55-56(49)48-17-9-10-18-54(48)59-55/h1-36H. The number of hydrogen-bond acceptors (Lipinski definition) is 2. The third kappa shape index (κ3) is 5.62. The average molecular weight is 769 g/mol. The Morgan fingerprint density at radius 3 is 1.71 bits per heavy atom. The minimum absolute atomic E-state index is 1.12. The topological polar surface area (TPSA) is 8.17 Å². The van der Waals surface area contributed by atoms with Crippen molar-refractivity contribution in [1.82, 2.24) is 4.57 Å². The molecule has 2 nitrogen and oxygen atoms in total. The number of benzene rings is 10. The van der Waals surface area contributed by atoms with Gasteiger partial charge in [-0.1, -0.05) is 133 Å². The Balaban J connectivity index is 0.932. The van der Waals surface area contributed by atoms with Gasteiger partial charge in [0.15, 0.2) is 0 Å². The molecule has 0 atom stereocenters. The van der Waals surface area contributed by atoms with Crippen LogP contribution in [0.1, 0.15) is 0 Å². The van der Waals surface area contributed by atoms with Crippen molar-refractivity contribution in [2.75, 3.05) is 4.90 Å². The zero-order chi connectivity index (χ0) is 38.9. The molecule has 0 bridgehead atoms. The highest BCUT2D eigenvalue weighted by Gasteiger charge is 2.18. The van der Waals surface area contributed by atoms with Gasteiger partial charge in [0.05, 0.1) is 11.0 Å². The third-order valence-corrected chi connectivity index (χ3v) is 13.1. The highest BCUT2D eigenvalue weighted by Crippen LogP contribution is 2.43. The maximum absolute atomic E-state index is 2.45. The predicted octanol–water partition coefficient (Wildman–Crippen LogP) is 16.3. The van der Waals surface area contributed by atoms with Crippen molar-refractivity contribution in [2.45, 2.75) is 0 Å². The number of para-hydroxylation sites is 2. The summed E-state index contributed by atoms with van der Waals surface area (Å²) >= 11 is 1.88. The summed E-state index contributed by atoms with van der Waals surface area (Å²) in [4.78, 5) is 2.33. The van der Waals surface area contributed by atoms with Gasteiger partial charge in [-0.3, -0.25) is 0 Å². The number of fused-ring (bicyclic) bond motifs is 9. The van der Waals surface area contributed by atoms with Gasteiger partial charge in [0.1, 0.15) is 0 Å². The van der Waals surface area contributed by atoms with Crippen LogP contribution in [0.5, 0.6) is 0 Å². The zero-order valence-corrected chi connectivity index (χ0v) is 32.9. The van der Waals surface area contributed by atoms with Crippen LogP contribution in [0.25, 0.3) is 91.5 Å². The van der Waals surface area contributed by atoms with Crippen LogP contribution < -0.4 is 4.90 Å². The first kappa shape index (κ1) is 33.7. The summed E-state index contributed by atoms with van der Waals surface area (Å²) in [6.07, 6.45) is 0. The lowest BCUT2D eigenvalue weighted by atomic mass is 9.98. The molecule has 59 heavy (non-hydrogen) atoms. The van der Waals surface area contributed by atoms with Crippen molar-refractivity contribution in [2.24, 2.45) is 0 Å². The van der Waals surface area contributed by atoms with Crippen molar-refractivity contribution in [3.63, 3.8) is 0 Å². The van der Waals surface area contributed by atoms with E-state index in [4.69, 9.17) is 0 Å². The van der Waals surface area contributed by atoms with Gasteiger partial charge in [0, 0.05) is 53.7 Å². The maximum atomic E-state index is 2.45. The lowest BCUT2D eigenvalue weighted by molar-refractivity contribution is 1.18. The molecule has 0 N–H and O–H groups in total. The lowest BCUT2D eigenvalue weighted by Crippen LogP contribution is -2.09. The Morgan fingerprint density at radius 1 is 0.322 bits per heavy atom. The normalized spacial score (nSPS) is 11.7. The fourth-order valence-corrected chi connectivity index (χ4v) is 10.2. The smallest absolute Gasteiger partial charge is 0.0547 e. The molecule has 0 saturated heterocycles. The van der Waals surface area contributed by atoms with Gasteiger partial charge in [-0.05, 0) is 129 Å². The van der Waals surface area contributed by atoms with E-state index in [0.29, 0.717) is 0 Å². The van der Waals surface area contributed by atoms with Gasteiger partial charge >= 0.3 is 0 Å². The second-order valence-electron chi connectivity index (χ2n) is 15.4. The Kier molecular flexibility index (Phi) is 7.75. The van der Waals surface area contributed by atoms with E-state index >= 15 is 0 Å². The van der Waals surface area contributed by atoms with Gasteiger partial charge in [-0.15, -0.1) is 11.3 Å². The monoisotopic (exact) mass is 768 g/mol. The second-order valence-corrected chi connectivity index (χ2v) is 16.4. The van der Waals surface area contributed by atoms with Gasteiger partial charge in [0.25, 0.3) is 0 Å². The van der Waals surface area contributed by atoms with Crippen molar-refractivity contribution in [3.05, 3.63) is 218 Å². The van der Waals surface area contributed by atoms with E-state index in [9.17, 15) is 0 Å². The molecule has 0 aliphatic rings. The molecular weight excluding hydrogens is 733 g/mol. The summed E-state index contributed by atoms with van der Waals surface area (Å²) in [5.41, 5.74) is 11.8. The summed E-state index contributed by atoms with van der Waals surface area (Å²) in [6.45, 7) is 0. The molecule has 2 aromatic heterocycles. The number of nitrogens with zero attached hydrogens (tertiary/aromatic N) is 2. The Bertz CT molecular complexity index is 3530. The molecule has 0 amide bonds. The van der Waals surface area contributed by atoms with Crippen LogP contribution in [0.3, 0.4) is 0 Å². The fourth-order valence-electron chi connectivity index (χ4n) is 9.09. The molecule has 0 aliphatic heterocycles. The van der Waals surface area contributed by atoms with Crippen LogP contribution in [0.2, 0.25) is 0 Å². The molecule has 0 fully saturated rings. The SMILES string of the molecule is c1ccc(N(c2ccc(-c3ccc(-c4ccc5c(c4)c4cc6c(ccc7sc8ccccc8c76)cc4n5-c4ccccc4)cc3)cc2)c2ccc3ccccc3c2)cc1. The van der Waals surface area contributed by atoms with Crippen molar-refractivity contribution in [3.8, 4) is 27.9 Å². The predicted molar refractivity (Wildman–Crippen MR) is 254 cm³/mol. The van der Waals surface area contributed by atoms with Gasteiger partial charge in [-0.25, -0.2) is 0 Å². The average Bonchev–Trinajstić information content (AvgIpc) is 3.84. The van der Waals surface area contributed by atoms with Crippen LogP contribution >= 0.6 is 11.3 Å². The van der Waals surface area contributed by atoms with Crippen LogP contribution in [-0.2, 0) is 0 Å². The minimum Gasteiger partial charge on any atom is -0.310 e. The first-order valence-corrected chi connectivity index (χ1v) is 21.0. The molecule has 0 spiro atoms. The molecule has 276 valence electrons. The van der Waals surface area contributed by atoms with Gasteiger partial charge in [0.2, 0.25) is 0 Å². The fraction of sp³-hybridized carbons (Fsp3) is 0. The maximum Gasteiger partial charge on any atom is 0.0547 e. The van der Waals surface area contributed by atoms with E-state index in [-0.39, 0.29) is 0 Å². The summed E-state index contributed by atoms with van der Waals surface area (Å²) < 4.78 is 5.09. The Morgan fingerprint density at radius 2 is 0.915 bits per heavy atom. The van der Waals surface area contributed by atoms with Gasteiger partial charge < -0.3 is 9.47 Å². The number of aromatic nitrogens is 1. The van der Waals surface area contributed by atoms with E-state index in [1.165, 1.54) is 91.5 Å². The van der Waals surface area contributed by atoms with E-state index in [1.54, 1.807) is 0 Å². The molecular formula is C56H36N2S. The van der Waals surface area contributed by atoms with Crippen LogP contribution in [0.4, 0.5) is 17.1 Å². The van der Waals surface area contributed by atoms with Crippen LogP contribution in [-0.4, -0.2) is 4.57 Å². The molecule has 0 radical (unpaired) electrons. The first-order chi connectivity index (χ1) is 29.2. The molecule has 0 aliphatic carbocycles. The van der Waals surface area contributed by atoms with E-state index in [1.807, 2.05) is 11.3 Å². The zero-order valence-electron chi connectivity index (χ0n) is 32.1. The molecule has 0 unspecified atom stereocenters. The van der Waals surface area contributed by atoms with E-state index in [0.717, 1.165) is 17.1 Å². The molecule has 10 aromatic carbocycles. The minimum atomic E-state index is 1.12. The molecule has 2 heterocycles. The molecule has 12 aromatic rings.